The van der Waals surface area contributed by atoms with Gasteiger partial charge in [0.05, 0.1) is 0 Å². The van der Waals surface area contributed by atoms with Gasteiger partial charge in [-0.2, -0.15) is 10.1 Å². The number of carbonyl (C=O) groups excluding carboxylic acids is 1. The number of hydrogen-bond acceptors (Lipinski definition) is 6. The van der Waals surface area contributed by atoms with Gasteiger partial charge in [0, 0.05) is 44.1 Å². The Hall–Kier alpha value is -3.16. The highest BCUT2D eigenvalue weighted by Crippen LogP contribution is 2.20. The van der Waals surface area contributed by atoms with Crippen molar-refractivity contribution in [1.29, 1.82) is 0 Å². The van der Waals surface area contributed by atoms with E-state index in [0.717, 1.165) is 25.1 Å². The van der Waals surface area contributed by atoms with Crippen LogP contribution in [0.15, 0.2) is 53.3 Å². The van der Waals surface area contributed by atoms with E-state index in [1.54, 1.807) is 17.1 Å². The third kappa shape index (κ3) is 3.58. The maximum atomic E-state index is 12.4. The zero-order valence-corrected chi connectivity index (χ0v) is 14.4. The molecular weight excluding hydrogens is 332 g/mol. The summed E-state index contributed by atoms with van der Waals surface area (Å²) < 4.78 is 7.09. The van der Waals surface area contributed by atoms with E-state index in [4.69, 9.17) is 4.52 Å². The number of hydrogen-bond donors (Lipinski definition) is 0. The Labute approximate surface area is 151 Å². The van der Waals surface area contributed by atoms with Gasteiger partial charge in [-0.05, 0) is 12.5 Å². The molecule has 3 heterocycles. The maximum Gasteiger partial charge on any atom is 0.324 e. The molecule has 0 N–H and O–H groups in total. The number of aromatic nitrogens is 4. The van der Waals surface area contributed by atoms with Crippen LogP contribution in [0.1, 0.15) is 6.42 Å². The highest BCUT2D eigenvalue weighted by atomic mass is 16.5. The van der Waals surface area contributed by atoms with E-state index in [-0.39, 0.29) is 12.5 Å². The van der Waals surface area contributed by atoms with Crippen molar-refractivity contribution in [1.82, 2.24) is 24.8 Å². The minimum absolute atomic E-state index is 0.0750. The molecule has 0 atom stereocenters. The lowest BCUT2D eigenvalue weighted by Gasteiger charge is -2.21. The Bertz CT molecular complexity index is 846. The number of benzene rings is 1. The summed E-state index contributed by atoms with van der Waals surface area (Å²) in [5.74, 6) is 0.655. The summed E-state index contributed by atoms with van der Waals surface area (Å²) in [7, 11) is 0. The Morgan fingerprint density at radius 2 is 1.96 bits per heavy atom. The van der Waals surface area contributed by atoms with Gasteiger partial charge in [0.1, 0.15) is 6.54 Å². The second-order valence-electron chi connectivity index (χ2n) is 6.19. The molecule has 2 aromatic heterocycles. The lowest BCUT2D eigenvalue weighted by atomic mass is 10.2. The lowest BCUT2D eigenvalue weighted by Crippen LogP contribution is -2.37. The molecular formula is C18H20N6O2. The summed E-state index contributed by atoms with van der Waals surface area (Å²) in [5.41, 5.74) is 0.924. The molecule has 8 heteroatoms. The molecule has 0 spiro atoms. The van der Waals surface area contributed by atoms with Crippen molar-refractivity contribution in [3.8, 4) is 11.4 Å². The third-order valence-electron chi connectivity index (χ3n) is 4.42. The topological polar surface area (TPSA) is 80.3 Å². The Morgan fingerprint density at radius 1 is 1.08 bits per heavy atom. The molecule has 0 bridgehead atoms. The minimum Gasteiger partial charge on any atom is -0.339 e. The molecule has 134 valence electrons. The minimum atomic E-state index is 0.0750. The first-order valence-corrected chi connectivity index (χ1v) is 8.69. The summed E-state index contributed by atoms with van der Waals surface area (Å²) in [6, 6.07) is 12.1. The maximum absolute atomic E-state index is 12.4. The Balaban J connectivity index is 1.39. The van der Waals surface area contributed by atoms with E-state index in [1.165, 1.54) is 0 Å². The van der Waals surface area contributed by atoms with Crippen LogP contribution >= 0.6 is 0 Å². The molecule has 4 rings (SSSR count). The SMILES string of the molecule is O=C(Cn1cccn1)N1CCCN(c2nc(-c3ccccc3)no2)CC1. The fourth-order valence-electron chi connectivity index (χ4n) is 3.04. The van der Waals surface area contributed by atoms with Gasteiger partial charge in [-0.25, -0.2) is 0 Å². The first kappa shape index (κ1) is 16.3. The predicted octanol–water partition coefficient (Wildman–Crippen LogP) is 1.67. The Kier molecular flexibility index (Phi) is 4.63. The molecule has 3 aromatic rings. The highest BCUT2D eigenvalue weighted by Gasteiger charge is 2.22. The zero-order chi connectivity index (χ0) is 17.8. The molecule has 1 amide bonds. The van der Waals surface area contributed by atoms with Gasteiger partial charge in [-0.15, -0.1) is 0 Å². The summed E-state index contributed by atoms with van der Waals surface area (Å²) in [5, 5.41) is 8.17. The van der Waals surface area contributed by atoms with Gasteiger partial charge in [-0.1, -0.05) is 35.5 Å². The molecule has 1 aromatic carbocycles. The molecule has 1 aliphatic heterocycles. The molecule has 1 fully saturated rings. The van der Waals surface area contributed by atoms with Crippen molar-refractivity contribution in [2.45, 2.75) is 13.0 Å². The van der Waals surface area contributed by atoms with Gasteiger partial charge < -0.3 is 14.3 Å². The molecule has 0 radical (unpaired) electrons. The largest absolute Gasteiger partial charge is 0.339 e. The Morgan fingerprint density at radius 3 is 2.77 bits per heavy atom. The van der Waals surface area contributed by atoms with Crippen LogP contribution in [0, 0.1) is 0 Å². The van der Waals surface area contributed by atoms with E-state index >= 15 is 0 Å². The van der Waals surface area contributed by atoms with Crippen LogP contribution in [0.4, 0.5) is 6.01 Å². The summed E-state index contributed by atoms with van der Waals surface area (Å²) >= 11 is 0. The third-order valence-corrected chi connectivity index (χ3v) is 4.42. The van der Waals surface area contributed by atoms with Crippen molar-refractivity contribution in [2.75, 3.05) is 31.1 Å². The molecule has 0 aliphatic carbocycles. The van der Waals surface area contributed by atoms with Crippen LogP contribution in [0.3, 0.4) is 0 Å². The summed E-state index contributed by atoms with van der Waals surface area (Å²) in [6.45, 7) is 3.06. The van der Waals surface area contributed by atoms with Crippen LogP contribution in [0.25, 0.3) is 11.4 Å². The summed E-state index contributed by atoms with van der Waals surface area (Å²) in [4.78, 5) is 20.9. The highest BCUT2D eigenvalue weighted by molar-refractivity contribution is 5.76. The van der Waals surface area contributed by atoms with Crippen LogP contribution in [-0.4, -0.2) is 56.9 Å². The normalized spacial score (nSPS) is 15.1. The number of rotatable bonds is 4. The van der Waals surface area contributed by atoms with Crippen molar-refractivity contribution in [2.24, 2.45) is 0 Å². The number of carbonyl (C=O) groups is 1. The second kappa shape index (κ2) is 7.38. The number of nitrogens with zero attached hydrogens (tertiary/aromatic N) is 6. The quantitative estimate of drug-likeness (QED) is 0.711. The van der Waals surface area contributed by atoms with Crippen molar-refractivity contribution < 1.29 is 9.32 Å². The second-order valence-corrected chi connectivity index (χ2v) is 6.19. The van der Waals surface area contributed by atoms with Crippen molar-refractivity contribution in [3.63, 3.8) is 0 Å². The molecule has 0 saturated carbocycles. The van der Waals surface area contributed by atoms with E-state index in [0.29, 0.717) is 24.9 Å². The van der Waals surface area contributed by atoms with Crippen LogP contribution in [0.2, 0.25) is 0 Å². The van der Waals surface area contributed by atoms with Crippen LogP contribution in [-0.2, 0) is 11.3 Å². The van der Waals surface area contributed by atoms with Crippen LogP contribution < -0.4 is 4.90 Å². The average molecular weight is 352 g/mol. The van der Waals surface area contributed by atoms with Crippen LogP contribution in [0.5, 0.6) is 0 Å². The first-order valence-electron chi connectivity index (χ1n) is 8.69. The zero-order valence-electron chi connectivity index (χ0n) is 14.4. The number of amides is 1. The lowest BCUT2D eigenvalue weighted by molar-refractivity contribution is -0.131. The average Bonchev–Trinajstić information content (AvgIpc) is 3.30. The standard InChI is InChI=1S/C18H20N6O2/c25-16(14-24-11-4-8-19-24)22-9-5-10-23(13-12-22)18-20-17(21-26-18)15-6-2-1-3-7-15/h1-4,6-8,11H,5,9-10,12-14H2. The first-order chi connectivity index (χ1) is 12.8. The summed E-state index contributed by atoms with van der Waals surface area (Å²) in [6.07, 6.45) is 4.33. The number of anilines is 1. The van der Waals surface area contributed by atoms with Crippen molar-refractivity contribution >= 4 is 11.9 Å². The van der Waals surface area contributed by atoms with E-state index in [2.05, 4.69) is 15.2 Å². The molecule has 26 heavy (non-hydrogen) atoms. The monoisotopic (exact) mass is 352 g/mol. The predicted molar refractivity (Wildman–Crippen MR) is 95.4 cm³/mol. The smallest absolute Gasteiger partial charge is 0.324 e. The molecule has 1 saturated heterocycles. The van der Waals surface area contributed by atoms with Gasteiger partial charge >= 0.3 is 6.01 Å². The fourth-order valence-corrected chi connectivity index (χ4v) is 3.04. The fraction of sp³-hybridized carbons (Fsp3) is 0.333. The van der Waals surface area contributed by atoms with E-state index < -0.39 is 0 Å². The molecule has 1 aliphatic rings. The van der Waals surface area contributed by atoms with Gasteiger partial charge in [0.15, 0.2) is 0 Å². The van der Waals surface area contributed by atoms with Gasteiger partial charge in [0.2, 0.25) is 11.7 Å². The molecule has 0 unspecified atom stereocenters. The van der Waals surface area contributed by atoms with Gasteiger partial charge in [-0.3, -0.25) is 9.48 Å². The van der Waals surface area contributed by atoms with E-state index in [1.807, 2.05) is 46.2 Å². The molecule has 8 nitrogen and oxygen atoms in total. The van der Waals surface area contributed by atoms with Crippen molar-refractivity contribution in [3.05, 3.63) is 48.8 Å². The van der Waals surface area contributed by atoms with E-state index in [9.17, 15) is 4.79 Å². The van der Waals surface area contributed by atoms with Gasteiger partial charge in [0.25, 0.3) is 0 Å².